The maximum Gasteiger partial charge on any atom is 0.246 e. The van der Waals surface area contributed by atoms with Gasteiger partial charge in [-0.1, -0.05) is 67.6 Å². The SMILES string of the molecule is CC[C@@H](C)N(Cc1ccccc1)C(=O)C1CCN(C(=O)/C=C/c2ccccc2)CC1. The molecule has 1 aliphatic rings. The molecule has 158 valence electrons. The van der Waals surface area contributed by atoms with Gasteiger partial charge in [0, 0.05) is 37.7 Å². The van der Waals surface area contributed by atoms with Gasteiger partial charge in [-0.25, -0.2) is 0 Å². The van der Waals surface area contributed by atoms with Crippen LogP contribution in [0.1, 0.15) is 44.2 Å². The van der Waals surface area contributed by atoms with Crippen molar-refractivity contribution in [2.45, 2.75) is 45.7 Å². The van der Waals surface area contributed by atoms with Gasteiger partial charge in [0.1, 0.15) is 0 Å². The first-order chi connectivity index (χ1) is 14.6. The second-order valence-corrected chi connectivity index (χ2v) is 8.05. The number of hydrogen-bond acceptors (Lipinski definition) is 2. The number of carbonyl (C=O) groups excluding carboxylic acids is 2. The molecule has 4 heteroatoms. The third-order valence-electron chi connectivity index (χ3n) is 5.98. The normalized spacial score (nSPS) is 15.9. The van der Waals surface area contributed by atoms with Crippen LogP contribution in [-0.2, 0) is 16.1 Å². The van der Waals surface area contributed by atoms with E-state index in [1.807, 2.05) is 64.4 Å². The molecule has 2 amide bonds. The minimum absolute atomic E-state index is 0.00938. The fourth-order valence-corrected chi connectivity index (χ4v) is 3.87. The van der Waals surface area contributed by atoms with Crippen LogP contribution in [0.5, 0.6) is 0 Å². The third-order valence-corrected chi connectivity index (χ3v) is 5.98. The molecule has 0 spiro atoms. The molecule has 0 aliphatic carbocycles. The smallest absolute Gasteiger partial charge is 0.246 e. The molecular formula is C26H32N2O2. The summed E-state index contributed by atoms with van der Waals surface area (Å²) in [5.41, 5.74) is 2.17. The summed E-state index contributed by atoms with van der Waals surface area (Å²) in [4.78, 5) is 29.7. The second-order valence-electron chi connectivity index (χ2n) is 8.05. The van der Waals surface area contributed by atoms with Gasteiger partial charge >= 0.3 is 0 Å². The van der Waals surface area contributed by atoms with Crippen LogP contribution in [0.3, 0.4) is 0 Å². The van der Waals surface area contributed by atoms with E-state index >= 15 is 0 Å². The molecule has 1 atom stereocenters. The summed E-state index contributed by atoms with van der Waals surface area (Å²) in [6.07, 6.45) is 5.87. The van der Waals surface area contributed by atoms with Crippen LogP contribution >= 0.6 is 0 Å². The standard InChI is InChI=1S/C26H32N2O2/c1-3-21(2)28(20-23-12-8-5-9-13-23)26(30)24-16-18-27(19-17-24)25(29)15-14-22-10-6-4-7-11-22/h4-15,21,24H,3,16-20H2,1-2H3/b15-14+/t21-/m1/s1. The molecule has 0 saturated carbocycles. The molecule has 0 aromatic heterocycles. The van der Waals surface area contributed by atoms with Crippen molar-refractivity contribution in [3.8, 4) is 0 Å². The van der Waals surface area contributed by atoms with Crippen molar-refractivity contribution < 1.29 is 9.59 Å². The zero-order chi connectivity index (χ0) is 21.3. The van der Waals surface area contributed by atoms with E-state index in [1.165, 1.54) is 0 Å². The Hall–Kier alpha value is -2.88. The average Bonchev–Trinajstić information content (AvgIpc) is 2.81. The van der Waals surface area contributed by atoms with Crippen molar-refractivity contribution in [3.05, 3.63) is 77.9 Å². The highest BCUT2D eigenvalue weighted by Gasteiger charge is 2.31. The molecule has 0 bridgehead atoms. The first-order valence-electron chi connectivity index (χ1n) is 10.9. The highest BCUT2D eigenvalue weighted by molar-refractivity contribution is 5.92. The summed E-state index contributed by atoms with van der Waals surface area (Å²) in [7, 11) is 0. The van der Waals surface area contributed by atoms with E-state index < -0.39 is 0 Å². The van der Waals surface area contributed by atoms with Gasteiger partial charge in [-0.15, -0.1) is 0 Å². The Morgan fingerprint density at radius 2 is 1.63 bits per heavy atom. The molecule has 4 nitrogen and oxygen atoms in total. The topological polar surface area (TPSA) is 40.6 Å². The van der Waals surface area contributed by atoms with E-state index in [9.17, 15) is 9.59 Å². The molecule has 2 aromatic rings. The van der Waals surface area contributed by atoms with Gasteiger partial charge in [-0.2, -0.15) is 0 Å². The van der Waals surface area contributed by atoms with Crippen LogP contribution < -0.4 is 0 Å². The fourth-order valence-electron chi connectivity index (χ4n) is 3.87. The van der Waals surface area contributed by atoms with Gasteiger partial charge in [-0.05, 0) is 43.4 Å². The largest absolute Gasteiger partial charge is 0.339 e. The summed E-state index contributed by atoms with van der Waals surface area (Å²) in [6.45, 7) is 6.15. The van der Waals surface area contributed by atoms with Crippen LogP contribution in [0.25, 0.3) is 6.08 Å². The van der Waals surface area contributed by atoms with Crippen LogP contribution in [0.2, 0.25) is 0 Å². The Labute approximate surface area is 180 Å². The number of hydrogen-bond donors (Lipinski definition) is 0. The van der Waals surface area contributed by atoms with Crippen LogP contribution in [0.4, 0.5) is 0 Å². The Morgan fingerprint density at radius 3 is 2.23 bits per heavy atom. The molecule has 2 aromatic carbocycles. The lowest BCUT2D eigenvalue weighted by Crippen LogP contribution is -2.46. The summed E-state index contributed by atoms with van der Waals surface area (Å²) in [6, 6.07) is 20.2. The summed E-state index contributed by atoms with van der Waals surface area (Å²) in [5.74, 6) is 0.234. The lowest BCUT2D eigenvalue weighted by molar-refractivity contribution is -0.141. The molecule has 1 heterocycles. The number of piperidine rings is 1. The van der Waals surface area contributed by atoms with Crippen molar-refractivity contribution >= 4 is 17.9 Å². The van der Waals surface area contributed by atoms with Gasteiger partial charge in [0.2, 0.25) is 11.8 Å². The second kappa shape index (κ2) is 10.8. The highest BCUT2D eigenvalue weighted by Crippen LogP contribution is 2.23. The van der Waals surface area contributed by atoms with E-state index in [-0.39, 0.29) is 23.8 Å². The van der Waals surface area contributed by atoms with Gasteiger partial charge in [0.15, 0.2) is 0 Å². The van der Waals surface area contributed by atoms with Crippen LogP contribution in [-0.4, -0.2) is 40.7 Å². The fraction of sp³-hybridized carbons (Fsp3) is 0.385. The Balaban J connectivity index is 1.57. The molecular weight excluding hydrogens is 372 g/mol. The first-order valence-corrected chi connectivity index (χ1v) is 10.9. The molecule has 0 unspecified atom stereocenters. The van der Waals surface area contributed by atoms with E-state index in [0.29, 0.717) is 19.6 Å². The predicted molar refractivity (Wildman–Crippen MR) is 122 cm³/mol. The number of likely N-dealkylation sites (tertiary alicyclic amines) is 1. The number of amides is 2. The zero-order valence-electron chi connectivity index (χ0n) is 18.0. The number of benzene rings is 2. The molecule has 0 radical (unpaired) electrons. The molecule has 1 aliphatic heterocycles. The monoisotopic (exact) mass is 404 g/mol. The van der Waals surface area contributed by atoms with Crippen LogP contribution in [0.15, 0.2) is 66.7 Å². The van der Waals surface area contributed by atoms with Crippen molar-refractivity contribution in [1.29, 1.82) is 0 Å². The van der Waals surface area contributed by atoms with Gasteiger partial charge < -0.3 is 9.80 Å². The highest BCUT2D eigenvalue weighted by atomic mass is 16.2. The van der Waals surface area contributed by atoms with Gasteiger partial charge in [0.05, 0.1) is 0 Å². The lowest BCUT2D eigenvalue weighted by Gasteiger charge is -2.36. The number of carbonyl (C=O) groups is 2. The van der Waals surface area contributed by atoms with Crippen molar-refractivity contribution in [3.63, 3.8) is 0 Å². The van der Waals surface area contributed by atoms with E-state index in [4.69, 9.17) is 0 Å². The zero-order valence-corrected chi connectivity index (χ0v) is 18.0. The number of rotatable bonds is 7. The van der Waals surface area contributed by atoms with Crippen LogP contribution in [0, 0.1) is 5.92 Å². The van der Waals surface area contributed by atoms with Crippen molar-refractivity contribution in [2.24, 2.45) is 5.92 Å². The molecule has 1 saturated heterocycles. The Kier molecular flexibility index (Phi) is 7.83. The summed E-state index contributed by atoms with van der Waals surface area (Å²) in [5, 5.41) is 0. The first kappa shape index (κ1) is 21.8. The van der Waals surface area contributed by atoms with Crippen molar-refractivity contribution in [1.82, 2.24) is 9.80 Å². The lowest BCUT2D eigenvalue weighted by atomic mass is 9.94. The van der Waals surface area contributed by atoms with Crippen molar-refractivity contribution in [2.75, 3.05) is 13.1 Å². The molecule has 3 rings (SSSR count). The van der Waals surface area contributed by atoms with E-state index in [2.05, 4.69) is 26.0 Å². The van der Waals surface area contributed by atoms with E-state index in [1.54, 1.807) is 6.08 Å². The molecule has 0 N–H and O–H groups in total. The van der Waals surface area contributed by atoms with E-state index in [0.717, 1.165) is 30.4 Å². The minimum Gasteiger partial charge on any atom is -0.339 e. The number of nitrogens with zero attached hydrogens (tertiary/aromatic N) is 2. The average molecular weight is 405 g/mol. The van der Waals surface area contributed by atoms with Gasteiger partial charge in [-0.3, -0.25) is 9.59 Å². The quantitative estimate of drug-likeness (QED) is 0.624. The predicted octanol–water partition coefficient (Wildman–Crippen LogP) is 4.77. The maximum absolute atomic E-state index is 13.3. The minimum atomic E-state index is -0.00938. The third kappa shape index (κ3) is 5.82. The maximum atomic E-state index is 13.3. The summed E-state index contributed by atoms with van der Waals surface area (Å²) < 4.78 is 0. The molecule has 1 fully saturated rings. The molecule has 30 heavy (non-hydrogen) atoms. The Morgan fingerprint density at radius 1 is 1.03 bits per heavy atom. The van der Waals surface area contributed by atoms with Gasteiger partial charge in [0.25, 0.3) is 0 Å². The Bertz CT molecular complexity index is 840. The summed E-state index contributed by atoms with van der Waals surface area (Å²) >= 11 is 0.